The van der Waals surface area contributed by atoms with Gasteiger partial charge in [-0.2, -0.15) is 0 Å². The van der Waals surface area contributed by atoms with Crippen LogP contribution in [-0.2, 0) is 6.54 Å². The Labute approximate surface area is 138 Å². The van der Waals surface area contributed by atoms with E-state index in [1.54, 1.807) is 14.2 Å². The van der Waals surface area contributed by atoms with Crippen molar-refractivity contribution in [2.24, 2.45) is 0 Å². The molecule has 0 saturated carbocycles. The Balaban J connectivity index is 1.71. The largest absolute Gasteiger partial charge is 0.493 e. The molecule has 0 unspecified atom stereocenters. The number of amides is 1. The number of nitrogens with one attached hydrogen (secondary N) is 1. The fraction of sp³-hybridized carbons (Fsp3) is 0.167. The van der Waals surface area contributed by atoms with E-state index in [-0.39, 0.29) is 5.91 Å². The Morgan fingerprint density at radius 3 is 2.57 bits per heavy atom. The van der Waals surface area contributed by atoms with Gasteiger partial charge in [0.05, 0.1) is 19.1 Å². The predicted molar refractivity (Wildman–Crippen MR) is 92.5 cm³/mol. The smallest absolute Gasteiger partial charge is 0.261 e. The van der Waals surface area contributed by atoms with Crippen molar-refractivity contribution in [3.63, 3.8) is 0 Å². The van der Waals surface area contributed by atoms with Crippen LogP contribution in [0.1, 0.15) is 15.2 Å². The number of carbonyl (C=O) groups is 1. The van der Waals surface area contributed by atoms with Crippen LogP contribution in [0, 0.1) is 0 Å². The zero-order valence-electron chi connectivity index (χ0n) is 13.0. The van der Waals surface area contributed by atoms with E-state index < -0.39 is 0 Å². The molecule has 1 heterocycles. The highest BCUT2D eigenvalue weighted by Gasteiger charge is 2.10. The summed E-state index contributed by atoms with van der Waals surface area (Å²) in [6.45, 7) is 0.438. The molecule has 2 aromatic carbocycles. The monoisotopic (exact) mass is 327 g/mol. The van der Waals surface area contributed by atoms with E-state index in [9.17, 15) is 4.79 Å². The molecule has 0 saturated heterocycles. The summed E-state index contributed by atoms with van der Waals surface area (Å²) in [5, 5.41) is 4.03. The van der Waals surface area contributed by atoms with Crippen molar-refractivity contribution in [2.45, 2.75) is 6.54 Å². The fourth-order valence-electron chi connectivity index (χ4n) is 2.35. The molecule has 3 rings (SSSR count). The van der Waals surface area contributed by atoms with Gasteiger partial charge in [0.15, 0.2) is 11.5 Å². The fourth-order valence-corrected chi connectivity index (χ4v) is 3.33. The van der Waals surface area contributed by atoms with Gasteiger partial charge in [0, 0.05) is 11.2 Å². The number of carbonyl (C=O) groups excluding carboxylic acids is 1. The Morgan fingerprint density at radius 1 is 1.04 bits per heavy atom. The molecule has 0 fully saturated rings. The topological polar surface area (TPSA) is 47.6 Å². The lowest BCUT2D eigenvalue weighted by molar-refractivity contribution is 0.0955. The van der Waals surface area contributed by atoms with E-state index in [4.69, 9.17) is 9.47 Å². The molecule has 0 aliphatic heterocycles. The van der Waals surface area contributed by atoms with Gasteiger partial charge in [-0.25, -0.2) is 0 Å². The van der Waals surface area contributed by atoms with Gasteiger partial charge in [0.25, 0.3) is 5.91 Å². The van der Waals surface area contributed by atoms with Gasteiger partial charge in [-0.15, -0.1) is 11.3 Å². The average Bonchev–Trinajstić information content (AvgIpc) is 3.03. The van der Waals surface area contributed by atoms with Crippen molar-refractivity contribution >= 4 is 27.3 Å². The molecule has 5 heteroatoms. The van der Waals surface area contributed by atoms with Gasteiger partial charge in [0.1, 0.15) is 0 Å². The molecule has 1 aromatic heterocycles. The first-order valence-corrected chi connectivity index (χ1v) is 8.00. The molecule has 118 valence electrons. The summed E-state index contributed by atoms with van der Waals surface area (Å²) in [7, 11) is 3.19. The maximum atomic E-state index is 12.3. The molecule has 0 aliphatic rings. The van der Waals surface area contributed by atoms with Gasteiger partial charge in [-0.3, -0.25) is 4.79 Å². The van der Waals surface area contributed by atoms with Crippen molar-refractivity contribution in [1.82, 2.24) is 5.32 Å². The van der Waals surface area contributed by atoms with Crippen molar-refractivity contribution in [3.8, 4) is 11.5 Å². The first kappa shape index (κ1) is 15.4. The Kier molecular flexibility index (Phi) is 4.48. The van der Waals surface area contributed by atoms with Crippen LogP contribution in [0.15, 0.2) is 48.5 Å². The number of methoxy groups -OCH3 is 2. The number of hydrogen-bond donors (Lipinski definition) is 1. The molecule has 3 aromatic rings. The van der Waals surface area contributed by atoms with Crippen molar-refractivity contribution in [3.05, 3.63) is 59.0 Å². The second-order valence-corrected chi connectivity index (χ2v) is 6.10. The summed E-state index contributed by atoms with van der Waals surface area (Å²) >= 11 is 1.50. The van der Waals surface area contributed by atoms with E-state index in [1.165, 1.54) is 11.3 Å². The minimum Gasteiger partial charge on any atom is -0.493 e. The number of ether oxygens (including phenoxy) is 2. The van der Waals surface area contributed by atoms with E-state index in [0.29, 0.717) is 22.9 Å². The zero-order valence-corrected chi connectivity index (χ0v) is 13.8. The first-order chi connectivity index (χ1) is 11.2. The van der Waals surface area contributed by atoms with E-state index in [2.05, 4.69) is 5.32 Å². The zero-order chi connectivity index (χ0) is 16.2. The second-order valence-electron chi connectivity index (χ2n) is 5.02. The number of benzene rings is 2. The summed E-state index contributed by atoms with van der Waals surface area (Å²) in [6, 6.07) is 15.5. The molecule has 0 radical (unpaired) electrons. The van der Waals surface area contributed by atoms with E-state index >= 15 is 0 Å². The highest BCUT2D eigenvalue weighted by Crippen LogP contribution is 2.28. The minimum absolute atomic E-state index is 0.0685. The number of thiophene rings is 1. The van der Waals surface area contributed by atoms with Gasteiger partial charge < -0.3 is 14.8 Å². The van der Waals surface area contributed by atoms with Gasteiger partial charge in [0.2, 0.25) is 0 Å². The third kappa shape index (κ3) is 3.29. The predicted octanol–water partition coefficient (Wildman–Crippen LogP) is 3.85. The molecular weight excluding hydrogens is 310 g/mol. The van der Waals surface area contributed by atoms with Gasteiger partial charge in [-0.1, -0.05) is 24.3 Å². The quantitative estimate of drug-likeness (QED) is 0.774. The molecule has 0 spiro atoms. The molecule has 4 nitrogen and oxygen atoms in total. The third-order valence-electron chi connectivity index (χ3n) is 3.55. The van der Waals surface area contributed by atoms with Crippen LogP contribution < -0.4 is 14.8 Å². The number of hydrogen-bond acceptors (Lipinski definition) is 4. The molecule has 0 atom stereocenters. The summed E-state index contributed by atoms with van der Waals surface area (Å²) in [6.07, 6.45) is 0. The van der Waals surface area contributed by atoms with Gasteiger partial charge >= 0.3 is 0 Å². The molecule has 23 heavy (non-hydrogen) atoms. The van der Waals surface area contributed by atoms with Crippen LogP contribution in [0.5, 0.6) is 11.5 Å². The van der Waals surface area contributed by atoms with Crippen LogP contribution in [0.4, 0.5) is 0 Å². The molecular formula is C18H17NO3S. The van der Waals surface area contributed by atoms with Crippen LogP contribution in [0.2, 0.25) is 0 Å². The molecule has 1 N–H and O–H groups in total. The van der Waals surface area contributed by atoms with Crippen LogP contribution >= 0.6 is 11.3 Å². The normalized spacial score (nSPS) is 10.5. The summed E-state index contributed by atoms with van der Waals surface area (Å²) in [4.78, 5) is 13.0. The molecule has 1 amide bonds. The first-order valence-electron chi connectivity index (χ1n) is 7.19. The van der Waals surface area contributed by atoms with Crippen molar-refractivity contribution in [1.29, 1.82) is 0 Å². The number of fused-ring (bicyclic) bond motifs is 1. The Morgan fingerprint density at radius 2 is 1.83 bits per heavy atom. The Hall–Kier alpha value is -2.53. The highest BCUT2D eigenvalue weighted by molar-refractivity contribution is 7.20. The van der Waals surface area contributed by atoms with Crippen LogP contribution in [-0.4, -0.2) is 20.1 Å². The summed E-state index contributed by atoms with van der Waals surface area (Å²) in [5.41, 5.74) is 0.956. The summed E-state index contributed by atoms with van der Waals surface area (Å²) < 4.78 is 11.6. The van der Waals surface area contributed by atoms with Crippen molar-refractivity contribution < 1.29 is 14.3 Å². The number of rotatable bonds is 5. The Bertz CT molecular complexity index is 808. The van der Waals surface area contributed by atoms with Gasteiger partial charge in [-0.05, 0) is 35.2 Å². The van der Waals surface area contributed by atoms with Crippen LogP contribution in [0.3, 0.4) is 0 Å². The standard InChI is InChI=1S/C18H17NO3S/c1-21-14-8-7-12(9-15(14)22-2)11-19-18(20)17-10-13-5-3-4-6-16(13)23-17/h3-10H,11H2,1-2H3,(H,19,20). The third-order valence-corrected chi connectivity index (χ3v) is 4.67. The maximum absolute atomic E-state index is 12.3. The molecule has 0 bridgehead atoms. The van der Waals surface area contributed by atoms with E-state index in [0.717, 1.165) is 15.6 Å². The van der Waals surface area contributed by atoms with E-state index in [1.807, 2.05) is 48.5 Å². The lowest BCUT2D eigenvalue weighted by Gasteiger charge is -2.10. The average molecular weight is 327 g/mol. The highest BCUT2D eigenvalue weighted by atomic mass is 32.1. The SMILES string of the molecule is COc1ccc(CNC(=O)c2cc3ccccc3s2)cc1OC. The van der Waals surface area contributed by atoms with Crippen LogP contribution in [0.25, 0.3) is 10.1 Å². The lowest BCUT2D eigenvalue weighted by Crippen LogP contribution is -2.21. The second kappa shape index (κ2) is 6.71. The van der Waals surface area contributed by atoms with Crippen molar-refractivity contribution in [2.75, 3.05) is 14.2 Å². The summed E-state index contributed by atoms with van der Waals surface area (Å²) in [5.74, 6) is 1.26. The minimum atomic E-state index is -0.0685. The maximum Gasteiger partial charge on any atom is 0.261 e. The molecule has 0 aliphatic carbocycles. The lowest BCUT2D eigenvalue weighted by atomic mass is 10.2.